The van der Waals surface area contributed by atoms with Crippen molar-refractivity contribution in [1.82, 2.24) is 15.0 Å². The van der Waals surface area contributed by atoms with Gasteiger partial charge in [-0.25, -0.2) is 15.0 Å². The second kappa shape index (κ2) is 15.2. The molecular weight excluding hydrogens is 725 g/mol. The molecule has 0 unspecified atom stereocenters. The van der Waals surface area contributed by atoms with E-state index in [1.807, 2.05) is 48.5 Å². The Bertz CT molecular complexity index is 3200. The van der Waals surface area contributed by atoms with E-state index in [1.165, 1.54) is 60.7 Å². The zero-order valence-corrected chi connectivity index (χ0v) is 34.4. The molecule has 60 heavy (non-hydrogen) atoms. The molecule has 278 valence electrons. The molecule has 8 aromatic carbocycles. The van der Waals surface area contributed by atoms with E-state index in [2.05, 4.69) is 161 Å². The van der Waals surface area contributed by atoms with E-state index in [4.69, 9.17) is 19.4 Å². The quantitative estimate of drug-likeness (QED) is 0.221. The molecule has 2 aromatic heterocycles. The molecule has 0 aliphatic heterocycles. The van der Waals surface area contributed by atoms with E-state index >= 15 is 0 Å². The lowest BCUT2D eigenvalue weighted by Crippen LogP contribution is -2.55. The third-order valence-corrected chi connectivity index (χ3v) is 12.4. The summed E-state index contributed by atoms with van der Waals surface area (Å²) in [6, 6.07) is 59.5. The number of aromatic nitrogens is 3. The topological polar surface area (TPSA) is 51.8 Å². The molecule has 9 heteroatoms. The van der Waals surface area contributed by atoms with Gasteiger partial charge in [0.1, 0.15) is 50.4 Å². The third-order valence-electron chi connectivity index (χ3n) is 12.4. The number of fused-ring (bicyclic) bond motifs is 3. The molecule has 0 saturated heterocycles. The largest absolute Gasteiger partial charge is 0.456 e. The molecule has 10 rings (SSSR count). The maximum Gasteiger partial charge on any atom is 0.164 e. The lowest BCUT2D eigenvalue weighted by Gasteiger charge is -2.20. The fourth-order valence-corrected chi connectivity index (χ4v) is 8.51. The molecule has 0 aliphatic carbocycles. The fourth-order valence-electron chi connectivity index (χ4n) is 8.51. The van der Waals surface area contributed by atoms with Gasteiger partial charge in [0.15, 0.2) is 17.5 Å². The summed E-state index contributed by atoms with van der Waals surface area (Å²) in [5, 5.41) is 2.07. The van der Waals surface area contributed by atoms with Gasteiger partial charge in [-0.2, -0.15) is 0 Å². The van der Waals surface area contributed by atoms with E-state index < -0.39 is 0 Å². The summed E-state index contributed by atoms with van der Waals surface area (Å²) >= 11 is 0. The molecule has 0 spiro atoms. The van der Waals surface area contributed by atoms with Gasteiger partial charge in [0.05, 0.1) is 0 Å². The second-order valence-electron chi connectivity index (χ2n) is 15.8. The lowest BCUT2D eigenvalue weighted by atomic mass is 9.59. The maximum absolute atomic E-state index is 6.46. The minimum Gasteiger partial charge on any atom is -0.456 e. The third kappa shape index (κ3) is 6.76. The van der Waals surface area contributed by atoms with Gasteiger partial charge in [0, 0.05) is 27.5 Å². The minimum absolute atomic E-state index is 0.613. The summed E-state index contributed by atoms with van der Waals surface area (Å²) in [6.07, 6.45) is 0. The van der Waals surface area contributed by atoms with Gasteiger partial charge in [-0.05, 0) is 74.8 Å². The van der Waals surface area contributed by atoms with Gasteiger partial charge >= 0.3 is 0 Å². The number of nitrogens with zero attached hydrogens (tertiary/aromatic N) is 3. The van der Waals surface area contributed by atoms with Crippen molar-refractivity contribution in [2.45, 2.75) is 0 Å². The van der Waals surface area contributed by atoms with Crippen LogP contribution >= 0.6 is 0 Å². The summed E-state index contributed by atoms with van der Waals surface area (Å²) in [7, 11) is 11.1. The molecule has 0 N–H and O–H groups in total. The van der Waals surface area contributed by atoms with Gasteiger partial charge in [-0.15, -0.1) is 16.4 Å². The Morgan fingerprint density at radius 2 is 0.667 bits per heavy atom. The highest BCUT2D eigenvalue weighted by atomic mass is 16.3. The fraction of sp³-hybridized carbons (Fsp3) is 0. The average molecular weight is 763 g/mol. The van der Waals surface area contributed by atoms with Crippen molar-refractivity contribution in [3.8, 4) is 78.7 Å². The van der Waals surface area contributed by atoms with Crippen LogP contribution in [-0.4, -0.2) is 54.2 Å². The first-order valence-corrected chi connectivity index (χ1v) is 20.5. The zero-order valence-electron chi connectivity index (χ0n) is 34.4. The van der Waals surface area contributed by atoms with E-state index in [1.54, 1.807) is 0 Å². The molecule has 0 bridgehead atoms. The van der Waals surface area contributed by atoms with Crippen molar-refractivity contribution in [2.24, 2.45) is 0 Å². The number of hydrogen-bond acceptors (Lipinski definition) is 4. The first-order chi connectivity index (χ1) is 29.3. The summed E-state index contributed by atoms with van der Waals surface area (Å²) in [6.45, 7) is 0. The van der Waals surface area contributed by atoms with Crippen LogP contribution in [0.15, 0.2) is 174 Å². The lowest BCUT2D eigenvalue weighted by molar-refractivity contribution is 0.669. The Labute approximate surface area is 354 Å². The Hall–Kier alpha value is -7.11. The zero-order chi connectivity index (χ0) is 40.9. The Kier molecular flexibility index (Phi) is 9.45. The predicted molar refractivity (Wildman–Crippen MR) is 266 cm³/mol. The molecule has 10 aromatic rings. The van der Waals surface area contributed by atoms with Crippen molar-refractivity contribution < 1.29 is 4.42 Å². The monoisotopic (exact) mass is 763 g/mol. The van der Waals surface area contributed by atoms with Gasteiger partial charge in [-0.3, -0.25) is 0 Å². The SMILES string of the molecule is Bc1c(B)c(B)c(-c2ccc(-c3nc(-c4ccccc4)nc(-c4ccc5oc6cc(-c7ccc(-c8ccc(-c9ccccc9)cc8)cc7)ccc6c5c4)n3)cc2)c(B)c1B. The van der Waals surface area contributed by atoms with E-state index in [-0.39, 0.29) is 0 Å². The molecule has 0 atom stereocenters. The van der Waals surface area contributed by atoms with E-state index in [0.29, 0.717) is 17.5 Å². The van der Waals surface area contributed by atoms with Crippen molar-refractivity contribution in [1.29, 1.82) is 0 Å². The van der Waals surface area contributed by atoms with Crippen LogP contribution in [0.25, 0.3) is 101 Å². The first kappa shape index (κ1) is 37.2. The summed E-state index contributed by atoms with van der Waals surface area (Å²) in [5.74, 6) is 1.88. The van der Waals surface area contributed by atoms with Crippen molar-refractivity contribution in [3.05, 3.63) is 170 Å². The van der Waals surface area contributed by atoms with E-state index in [9.17, 15) is 0 Å². The second-order valence-corrected chi connectivity index (χ2v) is 15.8. The molecule has 0 fully saturated rings. The van der Waals surface area contributed by atoms with Crippen molar-refractivity contribution >= 4 is 88.5 Å². The van der Waals surface area contributed by atoms with Crippen molar-refractivity contribution in [2.75, 3.05) is 0 Å². The normalized spacial score (nSPS) is 11.3. The first-order valence-electron chi connectivity index (χ1n) is 20.5. The summed E-state index contributed by atoms with van der Waals surface area (Å²) < 4.78 is 6.46. The van der Waals surface area contributed by atoms with Crippen LogP contribution in [0, 0.1) is 0 Å². The molecule has 4 nitrogen and oxygen atoms in total. The van der Waals surface area contributed by atoms with Gasteiger partial charge in [0.25, 0.3) is 0 Å². The molecule has 2 heterocycles. The number of furan rings is 1. The maximum atomic E-state index is 6.46. The van der Waals surface area contributed by atoms with E-state index in [0.717, 1.165) is 49.8 Å². The van der Waals surface area contributed by atoms with Crippen LogP contribution in [-0.2, 0) is 0 Å². The molecule has 0 saturated carbocycles. The van der Waals surface area contributed by atoms with Crippen LogP contribution in [0.3, 0.4) is 0 Å². The van der Waals surface area contributed by atoms with Gasteiger partial charge in [0.2, 0.25) is 0 Å². The number of rotatable bonds is 7. The summed E-state index contributed by atoms with van der Waals surface area (Å²) in [4.78, 5) is 15.1. The van der Waals surface area contributed by atoms with Crippen LogP contribution < -0.4 is 27.3 Å². The molecule has 0 amide bonds. The van der Waals surface area contributed by atoms with Crippen LogP contribution in [0.1, 0.15) is 0 Å². The Morgan fingerprint density at radius 1 is 0.283 bits per heavy atom. The minimum atomic E-state index is 0.613. The Balaban J connectivity index is 0.972. The molecule has 0 aliphatic rings. The average Bonchev–Trinajstić information content (AvgIpc) is 3.68. The molecule has 0 radical (unpaired) electrons. The standard InChI is InChI=1S/C51H38B5N3O/c52-44-43(45(53)47(55)48(56)46(44)54)34-19-21-36(22-20-34)50-57-49(35-9-5-2-6-10-35)58-51(59-50)38-24-26-41-40(27-38)39-25-23-37(28-42(39)60-41)33-17-15-32(16-18-33)31-13-11-30(12-14-31)29-7-3-1-4-8-29/h1-28H,52-56H2. The number of hydrogen-bond donors (Lipinski definition) is 0. The van der Waals surface area contributed by atoms with Gasteiger partial charge in [-0.1, -0.05) is 150 Å². The molecular formula is C51H38B5N3O. The highest BCUT2D eigenvalue weighted by Crippen LogP contribution is 2.36. The van der Waals surface area contributed by atoms with Crippen molar-refractivity contribution in [3.63, 3.8) is 0 Å². The van der Waals surface area contributed by atoms with Crippen LogP contribution in [0.2, 0.25) is 0 Å². The van der Waals surface area contributed by atoms with Crippen LogP contribution in [0.4, 0.5) is 0 Å². The Morgan fingerprint density at radius 3 is 1.22 bits per heavy atom. The summed E-state index contributed by atoms with van der Waals surface area (Å²) in [5.41, 5.74) is 20.7. The number of benzene rings is 8. The highest BCUT2D eigenvalue weighted by molar-refractivity contribution is 6.68. The van der Waals surface area contributed by atoms with Gasteiger partial charge < -0.3 is 4.42 Å². The highest BCUT2D eigenvalue weighted by Gasteiger charge is 2.17. The smallest absolute Gasteiger partial charge is 0.164 e. The van der Waals surface area contributed by atoms with Crippen LogP contribution in [0.5, 0.6) is 0 Å². The predicted octanol–water partition coefficient (Wildman–Crippen LogP) is 4.73.